The third-order valence-electron chi connectivity index (χ3n) is 3.99. The lowest BCUT2D eigenvalue weighted by Crippen LogP contribution is -2.47. The summed E-state index contributed by atoms with van der Waals surface area (Å²) in [6, 6.07) is 9.88. The average Bonchev–Trinajstić information content (AvgIpc) is 3.01. The number of furan rings is 1. The zero-order chi connectivity index (χ0) is 17.7. The monoisotopic (exact) mass is 330 g/mol. The summed E-state index contributed by atoms with van der Waals surface area (Å²) in [5.74, 6) is 1.44. The molecule has 0 spiro atoms. The minimum absolute atomic E-state index is 0.0178. The van der Waals surface area contributed by atoms with Gasteiger partial charge in [0.15, 0.2) is 5.96 Å². The third kappa shape index (κ3) is 4.07. The molecule has 0 bridgehead atoms. The maximum atomic E-state index is 11.9. The van der Waals surface area contributed by atoms with Gasteiger partial charge in [0.1, 0.15) is 11.3 Å². The summed E-state index contributed by atoms with van der Waals surface area (Å²) in [5, 5.41) is 10.2. The first-order valence-electron chi connectivity index (χ1n) is 8.05. The van der Waals surface area contributed by atoms with Crippen LogP contribution in [0.2, 0.25) is 0 Å². The van der Waals surface area contributed by atoms with Crippen LogP contribution in [0.1, 0.15) is 32.6 Å². The number of carbonyl (C=O) groups excluding carboxylic acids is 1. The summed E-state index contributed by atoms with van der Waals surface area (Å²) >= 11 is 0. The summed E-state index contributed by atoms with van der Waals surface area (Å²) < 4.78 is 5.87. The Balaban J connectivity index is 2.00. The summed E-state index contributed by atoms with van der Waals surface area (Å²) in [6.45, 7) is 6.25. The van der Waals surface area contributed by atoms with Crippen molar-refractivity contribution in [2.24, 2.45) is 10.4 Å². The fourth-order valence-electron chi connectivity index (χ4n) is 2.41. The lowest BCUT2D eigenvalue weighted by Gasteiger charge is -2.25. The Labute approximate surface area is 142 Å². The number of nitrogens with zero attached hydrogens (tertiary/aromatic N) is 1. The normalized spacial score (nSPS) is 13.6. The van der Waals surface area contributed by atoms with Crippen LogP contribution in [0.3, 0.4) is 0 Å². The van der Waals surface area contributed by atoms with Gasteiger partial charge in [0, 0.05) is 26.0 Å². The Hall–Kier alpha value is -2.50. The quantitative estimate of drug-likeness (QED) is 0.581. The van der Waals surface area contributed by atoms with Crippen molar-refractivity contribution in [2.75, 3.05) is 20.6 Å². The molecule has 1 atom stereocenters. The van der Waals surface area contributed by atoms with Gasteiger partial charge in [-0.15, -0.1) is 0 Å². The van der Waals surface area contributed by atoms with Gasteiger partial charge < -0.3 is 20.4 Å². The van der Waals surface area contributed by atoms with E-state index < -0.39 is 5.41 Å². The first-order valence-corrected chi connectivity index (χ1v) is 8.05. The second-order valence-corrected chi connectivity index (χ2v) is 6.44. The van der Waals surface area contributed by atoms with Crippen LogP contribution in [-0.4, -0.2) is 32.5 Å². The number of nitrogens with one attached hydrogen (secondary N) is 3. The molecular weight excluding hydrogens is 304 g/mol. The molecule has 1 amide bonds. The summed E-state index contributed by atoms with van der Waals surface area (Å²) in [6.07, 6.45) is 0. The number of aliphatic imine (C=N–C) groups is 1. The van der Waals surface area contributed by atoms with Crippen LogP contribution in [0.5, 0.6) is 0 Å². The fraction of sp³-hybridized carbons (Fsp3) is 0.444. The molecule has 3 N–H and O–H groups in total. The Morgan fingerprint density at radius 3 is 2.67 bits per heavy atom. The summed E-state index contributed by atoms with van der Waals surface area (Å²) in [7, 11) is 3.34. The van der Waals surface area contributed by atoms with Crippen LogP contribution < -0.4 is 16.0 Å². The molecule has 24 heavy (non-hydrogen) atoms. The SMILES string of the molecule is CN=C(NCC(C)(C)C(=O)NC)NC(C)c1cc2ccccc2o1. The maximum Gasteiger partial charge on any atom is 0.227 e. The molecule has 1 heterocycles. The van der Waals surface area contributed by atoms with Crippen molar-refractivity contribution >= 4 is 22.8 Å². The molecular formula is C18H26N4O2. The van der Waals surface area contributed by atoms with Gasteiger partial charge in [-0.05, 0) is 32.9 Å². The van der Waals surface area contributed by atoms with Crippen LogP contribution in [0.4, 0.5) is 0 Å². The van der Waals surface area contributed by atoms with E-state index >= 15 is 0 Å². The third-order valence-corrected chi connectivity index (χ3v) is 3.99. The molecule has 2 aromatic rings. The van der Waals surface area contributed by atoms with E-state index in [4.69, 9.17) is 4.42 Å². The zero-order valence-corrected chi connectivity index (χ0v) is 14.9. The Morgan fingerprint density at radius 2 is 2.04 bits per heavy atom. The van der Waals surface area contributed by atoms with Crippen LogP contribution in [0.25, 0.3) is 11.0 Å². The highest BCUT2D eigenvalue weighted by molar-refractivity contribution is 5.84. The molecule has 6 nitrogen and oxygen atoms in total. The Bertz CT molecular complexity index is 700. The smallest absolute Gasteiger partial charge is 0.227 e. The van der Waals surface area contributed by atoms with Gasteiger partial charge in [-0.3, -0.25) is 9.79 Å². The molecule has 0 saturated heterocycles. The minimum atomic E-state index is -0.533. The van der Waals surface area contributed by atoms with E-state index in [2.05, 4.69) is 20.9 Å². The second-order valence-electron chi connectivity index (χ2n) is 6.44. The molecule has 0 aliphatic rings. The molecule has 6 heteroatoms. The van der Waals surface area contributed by atoms with Crippen molar-refractivity contribution in [2.45, 2.75) is 26.8 Å². The van der Waals surface area contributed by atoms with Gasteiger partial charge in [0.25, 0.3) is 0 Å². The lowest BCUT2D eigenvalue weighted by atomic mass is 9.92. The van der Waals surface area contributed by atoms with E-state index in [1.807, 2.05) is 51.1 Å². The largest absolute Gasteiger partial charge is 0.459 e. The van der Waals surface area contributed by atoms with Crippen LogP contribution in [-0.2, 0) is 4.79 Å². The van der Waals surface area contributed by atoms with Gasteiger partial charge in [-0.2, -0.15) is 0 Å². The molecule has 1 aromatic carbocycles. The molecule has 0 aliphatic carbocycles. The number of amides is 1. The molecule has 0 saturated carbocycles. The number of para-hydroxylation sites is 1. The minimum Gasteiger partial charge on any atom is -0.459 e. The first kappa shape index (κ1) is 17.8. The van der Waals surface area contributed by atoms with Crippen molar-refractivity contribution in [3.8, 4) is 0 Å². The van der Waals surface area contributed by atoms with Gasteiger partial charge in [0.05, 0.1) is 11.5 Å². The maximum absolute atomic E-state index is 11.9. The zero-order valence-electron chi connectivity index (χ0n) is 14.9. The number of guanidine groups is 1. The van der Waals surface area contributed by atoms with E-state index in [9.17, 15) is 4.79 Å². The number of benzene rings is 1. The number of rotatable bonds is 5. The number of hydrogen-bond acceptors (Lipinski definition) is 3. The number of fused-ring (bicyclic) bond motifs is 1. The van der Waals surface area contributed by atoms with Gasteiger partial charge in [-0.25, -0.2) is 0 Å². The molecule has 0 radical (unpaired) electrons. The van der Waals surface area contributed by atoms with Crippen molar-refractivity contribution in [1.82, 2.24) is 16.0 Å². The standard InChI is InChI=1S/C18H26N4O2/c1-12(15-10-13-8-6-7-9-14(13)24-15)22-17(20-5)21-11-18(2,3)16(23)19-4/h6-10,12H,11H2,1-5H3,(H,19,23)(H2,20,21,22). The topological polar surface area (TPSA) is 78.7 Å². The van der Waals surface area contributed by atoms with E-state index in [0.29, 0.717) is 12.5 Å². The van der Waals surface area contributed by atoms with Crippen LogP contribution >= 0.6 is 0 Å². The Morgan fingerprint density at radius 1 is 1.33 bits per heavy atom. The molecule has 0 aliphatic heterocycles. The summed E-state index contributed by atoms with van der Waals surface area (Å²) in [4.78, 5) is 16.1. The van der Waals surface area contributed by atoms with Crippen molar-refractivity contribution < 1.29 is 9.21 Å². The van der Waals surface area contributed by atoms with E-state index in [-0.39, 0.29) is 11.9 Å². The highest BCUT2D eigenvalue weighted by Crippen LogP contribution is 2.23. The van der Waals surface area contributed by atoms with Gasteiger partial charge >= 0.3 is 0 Å². The fourth-order valence-corrected chi connectivity index (χ4v) is 2.41. The molecule has 0 fully saturated rings. The number of hydrogen-bond donors (Lipinski definition) is 3. The molecule has 1 unspecified atom stereocenters. The predicted molar refractivity (Wildman–Crippen MR) is 97.0 cm³/mol. The number of carbonyl (C=O) groups is 1. The lowest BCUT2D eigenvalue weighted by molar-refractivity contribution is -0.128. The first-order chi connectivity index (χ1) is 11.4. The predicted octanol–water partition coefficient (Wildman–Crippen LogP) is 2.43. The van der Waals surface area contributed by atoms with Crippen LogP contribution in [0.15, 0.2) is 39.7 Å². The van der Waals surface area contributed by atoms with Crippen molar-refractivity contribution in [1.29, 1.82) is 0 Å². The molecule has 2 rings (SSSR count). The van der Waals surface area contributed by atoms with E-state index in [1.54, 1.807) is 14.1 Å². The van der Waals surface area contributed by atoms with Crippen molar-refractivity contribution in [3.05, 3.63) is 36.1 Å². The highest BCUT2D eigenvalue weighted by atomic mass is 16.3. The highest BCUT2D eigenvalue weighted by Gasteiger charge is 2.27. The van der Waals surface area contributed by atoms with Crippen LogP contribution in [0, 0.1) is 5.41 Å². The molecule has 130 valence electrons. The Kier molecular flexibility index (Phi) is 5.49. The average molecular weight is 330 g/mol. The molecule has 1 aromatic heterocycles. The van der Waals surface area contributed by atoms with Gasteiger partial charge in [0.2, 0.25) is 5.91 Å². The van der Waals surface area contributed by atoms with E-state index in [0.717, 1.165) is 16.7 Å². The van der Waals surface area contributed by atoms with Gasteiger partial charge in [-0.1, -0.05) is 18.2 Å². The second kappa shape index (κ2) is 7.38. The van der Waals surface area contributed by atoms with E-state index in [1.165, 1.54) is 0 Å². The summed E-state index contributed by atoms with van der Waals surface area (Å²) in [5.41, 5.74) is 0.333. The van der Waals surface area contributed by atoms with Crippen molar-refractivity contribution in [3.63, 3.8) is 0 Å².